The van der Waals surface area contributed by atoms with E-state index < -0.39 is 15.9 Å². The Balaban J connectivity index is 2.08. The molecular formula is C19H19NO3S. The first-order chi connectivity index (χ1) is 11.5. The highest BCUT2D eigenvalue weighted by molar-refractivity contribution is 7.94. The van der Waals surface area contributed by atoms with Crippen molar-refractivity contribution in [2.24, 2.45) is 0 Å². The zero-order chi connectivity index (χ0) is 17.2. The Bertz CT molecular complexity index is 872. The van der Waals surface area contributed by atoms with Gasteiger partial charge in [-0.3, -0.25) is 4.79 Å². The Morgan fingerprint density at radius 1 is 1.08 bits per heavy atom. The van der Waals surface area contributed by atoms with Crippen LogP contribution in [0, 0.1) is 0 Å². The molecular weight excluding hydrogens is 322 g/mol. The normalized spacial score (nSPS) is 18.5. The number of para-hydroxylation sites is 1. The third kappa shape index (κ3) is 3.26. The third-order valence-electron chi connectivity index (χ3n) is 4.11. The zero-order valence-electron chi connectivity index (χ0n) is 13.4. The van der Waals surface area contributed by atoms with Crippen molar-refractivity contribution in [3.8, 4) is 0 Å². The first-order valence-corrected chi connectivity index (χ1v) is 9.61. The van der Waals surface area contributed by atoms with Crippen molar-refractivity contribution in [2.75, 3.05) is 10.7 Å². The van der Waals surface area contributed by atoms with E-state index in [-0.39, 0.29) is 11.7 Å². The van der Waals surface area contributed by atoms with Crippen LogP contribution in [0.4, 0.5) is 5.69 Å². The highest BCUT2D eigenvalue weighted by Crippen LogP contribution is 2.28. The molecule has 2 aromatic carbocycles. The van der Waals surface area contributed by atoms with Crippen molar-refractivity contribution in [3.63, 3.8) is 0 Å². The molecule has 0 N–H and O–H groups in total. The molecule has 0 fully saturated rings. The van der Waals surface area contributed by atoms with Gasteiger partial charge in [0.15, 0.2) is 9.84 Å². The van der Waals surface area contributed by atoms with E-state index >= 15 is 0 Å². The van der Waals surface area contributed by atoms with Crippen LogP contribution in [0.3, 0.4) is 0 Å². The minimum absolute atomic E-state index is 0.0797. The number of anilines is 1. The molecule has 1 aliphatic heterocycles. The van der Waals surface area contributed by atoms with Crippen LogP contribution in [0.5, 0.6) is 0 Å². The van der Waals surface area contributed by atoms with Crippen molar-refractivity contribution < 1.29 is 13.2 Å². The molecule has 2 aromatic rings. The molecule has 1 heterocycles. The fraction of sp³-hybridized carbons (Fsp3) is 0.211. The maximum absolute atomic E-state index is 13.1. The highest BCUT2D eigenvalue weighted by Gasteiger charge is 2.32. The number of rotatable bonds is 4. The molecule has 0 unspecified atom stereocenters. The predicted molar refractivity (Wildman–Crippen MR) is 95.8 cm³/mol. The second-order valence-corrected chi connectivity index (χ2v) is 7.68. The first kappa shape index (κ1) is 16.5. The van der Waals surface area contributed by atoms with Gasteiger partial charge in [0.2, 0.25) is 0 Å². The van der Waals surface area contributed by atoms with Crippen molar-refractivity contribution in [1.29, 1.82) is 0 Å². The van der Waals surface area contributed by atoms with Crippen LogP contribution in [-0.4, -0.2) is 26.1 Å². The lowest BCUT2D eigenvalue weighted by atomic mass is 10.1. The van der Waals surface area contributed by atoms with E-state index in [1.165, 1.54) is 5.41 Å². The Kier molecular flexibility index (Phi) is 4.53. The number of sulfone groups is 1. The molecule has 124 valence electrons. The van der Waals surface area contributed by atoms with Crippen LogP contribution in [0.15, 0.2) is 66.1 Å². The summed E-state index contributed by atoms with van der Waals surface area (Å²) in [4.78, 5) is 14.7. The SMILES string of the molecule is CCc1ccccc1N(C(=O)c1ccccc1)[C@@H]1C=CS(=O)(=O)C1. The Labute approximate surface area is 142 Å². The second kappa shape index (κ2) is 6.61. The van der Waals surface area contributed by atoms with Gasteiger partial charge in [0, 0.05) is 16.7 Å². The Hall–Kier alpha value is -2.40. The number of benzene rings is 2. The van der Waals surface area contributed by atoms with Gasteiger partial charge in [0.1, 0.15) is 0 Å². The standard InChI is InChI=1S/C19H19NO3S/c1-2-15-8-6-7-11-18(15)20(17-12-13-24(22,23)14-17)19(21)16-9-4-3-5-10-16/h3-13,17H,2,14H2,1H3/t17-/m1/s1. The molecule has 0 aliphatic carbocycles. The summed E-state index contributed by atoms with van der Waals surface area (Å²) in [6.45, 7) is 2.02. The average Bonchev–Trinajstić information content (AvgIpc) is 2.96. The fourth-order valence-electron chi connectivity index (χ4n) is 2.92. The Morgan fingerprint density at radius 2 is 1.75 bits per heavy atom. The number of nitrogens with zero attached hydrogens (tertiary/aromatic N) is 1. The molecule has 4 nitrogen and oxygen atoms in total. The van der Waals surface area contributed by atoms with Crippen molar-refractivity contribution in [1.82, 2.24) is 0 Å². The van der Waals surface area contributed by atoms with E-state index in [0.29, 0.717) is 5.56 Å². The van der Waals surface area contributed by atoms with Gasteiger partial charge in [0.05, 0.1) is 11.8 Å². The molecule has 0 bridgehead atoms. The van der Waals surface area contributed by atoms with Gasteiger partial charge in [-0.2, -0.15) is 0 Å². The number of carbonyl (C=O) groups is 1. The quantitative estimate of drug-likeness (QED) is 0.858. The molecule has 1 atom stereocenters. The summed E-state index contributed by atoms with van der Waals surface area (Å²) in [6, 6.07) is 16.1. The van der Waals surface area contributed by atoms with Crippen LogP contribution in [0.2, 0.25) is 0 Å². The van der Waals surface area contributed by atoms with Crippen molar-refractivity contribution in [2.45, 2.75) is 19.4 Å². The van der Waals surface area contributed by atoms with E-state index in [2.05, 4.69) is 0 Å². The summed E-state index contributed by atoms with van der Waals surface area (Å²) in [6.07, 6.45) is 2.36. The topological polar surface area (TPSA) is 54.5 Å². The smallest absolute Gasteiger partial charge is 0.258 e. The van der Waals surface area contributed by atoms with E-state index in [9.17, 15) is 13.2 Å². The van der Waals surface area contributed by atoms with E-state index in [1.54, 1.807) is 35.2 Å². The summed E-state index contributed by atoms with van der Waals surface area (Å²) in [5, 5.41) is 1.21. The summed E-state index contributed by atoms with van der Waals surface area (Å²) in [5.41, 5.74) is 2.32. The zero-order valence-corrected chi connectivity index (χ0v) is 14.2. The summed E-state index contributed by atoms with van der Waals surface area (Å²) in [5.74, 6) is -0.271. The average molecular weight is 341 g/mol. The van der Waals surface area contributed by atoms with E-state index in [0.717, 1.165) is 17.7 Å². The van der Waals surface area contributed by atoms with Crippen LogP contribution >= 0.6 is 0 Å². The molecule has 0 saturated carbocycles. The number of aryl methyl sites for hydroxylation is 1. The third-order valence-corrected chi connectivity index (χ3v) is 5.49. The van der Waals surface area contributed by atoms with Crippen molar-refractivity contribution >= 4 is 21.4 Å². The predicted octanol–water partition coefficient (Wildman–Crippen LogP) is 3.21. The van der Waals surface area contributed by atoms with Crippen LogP contribution < -0.4 is 4.90 Å². The van der Waals surface area contributed by atoms with Gasteiger partial charge in [-0.05, 0) is 36.3 Å². The number of amides is 1. The minimum atomic E-state index is -3.26. The lowest BCUT2D eigenvalue weighted by molar-refractivity contribution is 0.0983. The lowest BCUT2D eigenvalue weighted by Crippen LogP contribution is -2.41. The maximum Gasteiger partial charge on any atom is 0.258 e. The van der Waals surface area contributed by atoms with Crippen LogP contribution in [0.25, 0.3) is 0 Å². The molecule has 24 heavy (non-hydrogen) atoms. The minimum Gasteiger partial charge on any atom is -0.300 e. The van der Waals surface area contributed by atoms with Gasteiger partial charge in [-0.25, -0.2) is 8.42 Å². The van der Waals surface area contributed by atoms with Gasteiger partial charge in [-0.15, -0.1) is 0 Å². The number of carbonyl (C=O) groups excluding carboxylic acids is 1. The molecule has 0 saturated heterocycles. The molecule has 0 spiro atoms. The van der Waals surface area contributed by atoms with Gasteiger partial charge in [0.25, 0.3) is 5.91 Å². The Morgan fingerprint density at radius 3 is 2.38 bits per heavy atom. The second-order valence-electron chi connectivity index (χ2n) is 5.75. The van der Waals surface area contributed by atoms with Gasteiger partial charge < -0.3 is 4.90 Å². The summed E-state index contributed by atoms with van der Waals surface area (Å²) in [7, 11) is -3.26. The summed E-state index contributed by atoms with van der Waals surface area (Å²) < 4.78 is 23.7. The molecule has 1 amide bonds. The molecule has 0 radical (unpaired) electrons. The summed E-state index contributed by atoms with van der Waals surface area (Å²) >= 11 is 0. The lowest BCUT2D eigenvalue weighted by Gasteiger charge is -2.29. The molecule has 1 aliphatic rings. The maximum atomic E-state index is 13.1. The van der Waals surface area contributed by atoms with E-state index in [1.807, 2.05) is 37.3 Å². The first-order valence-electron chi connectivity index (χ1n) is 7.89. The fourth-order valence-corrected chi connectivity index (χ4v) is 4.19. The highest BCUT2D eigenvalue weighted by atomic mass is 32.2. The molecule has 3 rings (SSSR count). The number of hydrogen-bond acceptors (Lipinski definition) is 3. The molecule has 0 aromatic heterocycles. The van der Waals surface area contributed by atoms with E-state index in [4.69, 9.17) is 0 Å². The van der Waals surface area contributed by atoms with Gasteiger partial charge in [-0.1, -0.05) is 43.3 Å². The largest absolute Gasteiger partial charge is 0.300 e. The number of hydrogen-bond donors (Lipinski definition) is 0. The van der Waals surface area contributed by atoms with Gasteiger partial charge >= 0.3 is 0 Å². The van der Waals surface area contributed by atoms with Crippen molar-refractivity contribution in [3.05, 3.63) is 77.2 Å². The van der Waals surface area contributed by atoms with Crippen LogP contribution in [0.1, 0.15) is 22.8 Å². The monoisotopic (exact) mass is 341 g/mol. The van der Waals surface area contributed by atoms with Crippen LogP contribution in [-0.2, 0) is 16.3 Å². The molecule has 5 heteroatoms.